The predicted octanol–water partition coefficient (Wildman–Crippen LogP) is 1.65. The maximum absolute atomic E-state index is 12.5. The molecule has 2 fully saturated rings. The first-order chi connectivity index (χ1) is 12.9. The summed E-state index contributed by atoms with van der Waals surface area (Å²) in [4.78, 5) is 38.0. The monoisotopic (exact) mass is 373 g/mol. The van der Waals surface area contributed by atoms with E-state index < -0.39 is 5.54 Å². The number of nitrogens with one attached hydrogen (secondary N) is 2. The number of amides is 3. The Kier molecular flexibility index (Phi) is 5.79. The normalized spacial score (nSPS) is 25.2. The molecule has 0 aromatic heterocycles. The van der Waals surface area contributed by atoms with Gasteiger partial charge in [-0.1, -0.05) is 18.6 Å². The average molecular weight is 373 g/mol. The Balaban J connectivity index is 1.95. The SMILES string of the molecule is COCC(=O)N1C[C@@H](c2cccc(NC(C)=O)c2)[C@@]2(CCCCC(=O)N2)C1. The van der Waals surface area contributed by atoms with Gasteiger partial charge < -0.3 is 20.3 Å². The lowest BCUT2D eigenvalue weighted by atomic mass is 9.79. The molecule has 0 bridgehead atoms. The van der Waals surface area contributed by atoms with Crippen molar-refractivity contribution in [2.75, 3.05) is 32.1 Å². The zero-order valence-corrected chi connectivity index (χ0v) is 15.9. The van der Waals surface area contributed by atoms with E-state index in [0.29, 0.717) is 19.5 Å². The van der Waals surface area contributed by atoms with Crippen LogP contribution in [0.1, 0.15) is 44.1 Å². The van der Waals surface area contributed by atoms with Gasteiger partial charge in [-0.25, -0.2) is 0 Å². The third kappa shape index (κ3) is 4.30. The number of nitrogens with zero attached hydrogens (tertiary/aromatic N) is 1. The maximum Gasteiger partial charge on any atom is 0.248 e. The van der Waals surface area contributed by atoms with Crippen LogP contribution in [0.5, 0.6) is 0 Å². The topological polar surface area (TPSA) is 87.7 Å². The second kappa shape index (κ2) is 8.08. The Bertz CT molecular complexity index is 736. The van der Waals surface area contributed by atoms with E-state index in [0.717, 1.165) is 30.5 Å². The number of ether oxygens (including phenoxy) is 1. The van der Waals surface area contributed by atoms with E-state index in [2.05, 4.69) is 10.6 Å². The molecule has 0 radical (unpaired) electrons. The van der Waals surface area contributed by atoms with Crippen LogP contribution in [0.15, 0.2) is 24.3 Å². The fraction of sp³-hybridized carbons (Fsp3) is 0.550. The van der Waals surface area contributed by atoms with Crippen molar-refractivity contribution in [1.29, 1.82) is 0 Å². The largest absolute Gasteiger partial charge is 0.375 e. The summed E-state index contributed by atoms with van der Waals surface area (Å²) in [5.41, 5.74) is 1.25. The zero-order chi connectivity index (χ0) is 19.4. The molecule has 7 nitrogen and oxygen atoms in total. The van der Waals surface area contributed by atoms with Gasteiger partial charge in [-0.2, -0.15) is 0 Å². The molecule has 0 saturated carbocycles. The first-order valence-corrected chi connectivity index (χ1v) is 9.39. The van der Waals surface area contributed by atoms with Gasteiger partial charge in [0.25, 0.3) is 0 Å². The number of anilines is 1. The van der Waals surface area contributed by atoms with Crippen molar-refractivity contribution in [2.24, 2.45) is 0 Å². The summed E-state index contributed by atoms with van der Waals surface area (Å²) in [6, 6.07) is 7.67. The molecule has 2 aliphatic rings. The number of methoxy groups -OCH3 is 1. The highest BCUT2D eigenvalue weighted by atomic mass is 16.5. The van der Waals surface area contributed by atoms with Gasteiger partial charge in [-0.15, -0.1) is 0 Å². The Hall–Kier alpha value is -2.41. The van der Waals surface area contributed by atoms with Crippen molar-refractivity contribution in [2.45, 2.75) is 44.1 Å². The minimum atomic E-state index is -0.480. The summed E-state index contributed by atoms with van der Waals surface area (Å²) in [7, 11) is 1.51. The molecule has 0 unspecified atom stereocenters. The lowest BCUT2D eigenvalue weighted by Crippen LogP contribution is -2.53. The maximum atomic E-state index is 12.5. The number of hydrogen-bond acceptors (Lipinski definition) is 4. The molecule has 2 saturated heterocycles. The van der Waals surface area contributed by atoms with Crippen LogP contribution in [0.3, 0.4) is 0 Å². The summed E-state index contributed by atoms with van der Waals surface area (Å²) >= 11 is 0. The molecule has 2 N–H and O–H groups in total. The van der Waals surface area contributed by atoms with Gasteiger partial charge in [0.15, 0.2) is 0 Å². The Morgan fingerprint density at radius 1 is 1.37 bits per heavy atom. The lowest BCUT2D eigenvalue weighted by Gasteiger charge is -2.35. The molecule has 1 spiro atoms. The van der Waals surface area contributed by atoms with Crippen molar-refractivity contribution >= 4 is 23.4 Å². The molecular formula is C20H27N3O4. The minimum absolute atomic E-state index is 0.0304. The average Bonchev–Trinajstić information content (AvgIpc) is 2.87. The number of rotatable bonds is 4. The molecule has 2 aliphatic heterocycles. The number of likely N-dealkylation sites (tertiary alicyclic amines) is 1. The van der Waals surface area contributed by atoms with Crippen LogP contribution in [-0.4, -0.2) is 55.0 Å². The Labute approximate surface area is 159 Å². The van der Waals surface area contributed by atoms with E-state index in [1.807, 2.05) is 24.3 Å². The molecule has 1 aromatic rings. The minimum Gasteiger partial charge on any atom is -0.375 e. The van der Waals surface area contributed by atoms with Crippen molar-refractivity contribution in [3.8, 4) is 0 Å². The smallest absolute Gasteiger partial charge is 0.248 e. The summed E-state index contributed by atoms with van der Waals surface area (Å²) in [6.07, 6.45) is 3.14. The standard InChI is InChI=1S/C20H27N3O4/c1-14(24)21-16-7-5-6-15(10-16)17-11-23(19(26)12-27-2)13-20(17)9-4-3-8-18(25)22-20/h5-7,10,17H,3-4,8-9,11-13H2,1-2H3,(H,21,24)(H,22,25)/t17-,20+/m0/s1. The first-order valence-electron chi connectivity index (χ1n) is 9.39. The summed E-state index contributed by atoms with van der Waals surface area (Å²) in [5, 5.41) is 6.04. The second-order valence-corrected chi connectivity index (χ2v) is 7.48. The first kappa shape index (κ1) is 19.4. The lowest BCUT2D eigenvalue weighted by molar-refractivity contribution is -0.134. The van der Waals surface area contributed by atoms with E-state index in [1.54, 1.807) is 4.90 Å². The van der Waals surface area contributed by atoms with E-state index >= 15 is 0 Å². The molecule has 27 heavy (non-hydrogen) atoms. The van der Waals surface area contributed by atoms with Crippen LogP contribution in [0, 0.1) is 0 Å². The molecule has 2 heterocycles. The van der Waals surface area contributed by atoms with E-state index in [9.17, 15) is 14.4 Å². The van der Waals surface area contributed by atoms with Gasteiger partial charge in [-0.05, 0) is 30.5 Å². The zero-order valence-electron chi connectivity index (χ0n) is 15.9. The highest BCUT2D eigenvalue weighted by Gasteiger charge is 2.49. The van der Waals surface area contributed by atoms with Crippen LogP contribution in [0.4, 0.5) is 5.69 Å². The highest BCUT2D eigenvalue weighted by Crippen LogP contribution is 2.41. The summed E-state index contributed by atoms with van der Waals surface area (Å²) in [5.74, 6) is -0.200. The van der Waals surface area contributed by atoms with Gasteiger partial charge in [0, 0.05) is 45.1 Å². The molecule has 146 valence electrons. The summed E-state index contributed by atoms with van der Waals surface area (Å²) in [6.45, 7) is 2.51. The quantitative estimate of drug-likeness (QED) is 0.840. The highest BCUT2D eigenvalue weighted by molar-refractivity contribution is 5.88. The molecule has 1 aromatic carbocycles. The van der Waals surface area contributed by atoms with Crippen LogP contribution < -0.4 is 10.6 Å². The summed E-state index contributed by atoms with van der Waals surface area (Å²) < 4.78 is 5.02. The molecule has 0 aliphatic carbocycles. The van der Waals surface area contributed by atoms with Crippen LogP contribution in [0.25, 0.3) is 0 Å². The van der Waals surface area contributed by atoms with E-state index in [-0.39, 0.29) is 30.2 Å². The van der Waals surface area contributed by atoms with Crippen LogP contribution >= 0.6 is 0 Å². The fourth-order valence-electron chi connectivity index (χ4n) is 4.28. The van der Waals surface area contributed by atoms with Gasteiger partial charge in [0.1, 0.15) is 6.61 Å². The second-order valence-electron chi connectivity index (χ2n) is 7.48. The van der Waals surface area contributed by atoms with Gasteiger partial charge in [0.2, 0.25) is 17.7 Å². The number of carbonyl (C=O) groups is 3. The Morgan fingerprint density at radius 3 is 2.93 bits per heavy atom. The van der Waals surface area contributed by atoms with Crippen molar-refractivity contribution in [1.82, 2.24) is 10.2 Å². The molecule has 2 atom stereocenters. The van der Waals surface area contributed by atoms with Crippen molar-refractivity contribution < 1.29 is 19.1 Å². The third-order valence-electron chi connectivity index (χ3n) is 5.44. The molecule has 3 amide bonds. The van der Waals surface area contributed by atoms with Gasteiger partial charge >= 0.3 is 0 Å². The van der Waals surface area contributed by atoms with Crippen molar-refractivity contribution in [3.05, 3.63) is 29.8 Å². The Morgan fingerprint density at radius 2 is 2.19 bits per heavy atom. The number of hydrogen-bond donors (Lipinski definition) is 2. The van der Waals surface area contributed by atoms with E-state index in [1.165, 1.54) is 14.0 Å². The van der Waals surface area contributed by atoms with Crippen LogP contribution in [-0.2, 0) is 19.1 Å². The predicted molar refractivity (Wildman–Crippen MR) is 101 cm³/mol. The molecule has 3 rings (SSSR count). The fourth-order valence-corrected chi connectivity index (χ4v) is 4.28. The van der Waals surface area contributed by atoms with Gasteiger partial charge in [0.05, 0.1) is 5.54 Å². The van der Waals surface area contributed by atoms with E-state index in [4.69, 9.17) is 4.74 Å². The number of benzene rings is 1. The van der Waals surface area contributed by atoms with Gasteiger partial charge in [-0.3, -0.25) is 14.4 Å². The third-order valence-corrected chi connectivity index (χ3v) is 5.44. The molecular weight excluding hydrogens is 346 g/mol. The van der Waals surface area contributed by atoms with Crippen molar-refractivity contribution in [3.63, 3.8) is 0 Å². The number of carbonyl (C=O) groups excluding carboxylic acids is 3. The molecule has 7 heteroatoms. The van der Waals surface area contributed by atoms with Crippen LogP contribution in [0.2, 0.25) is 0 Å².